The van der Waals surface area contributed by atoms with Crippen LogP contribution in [0.4, 0.5) is 0 Å². The largest absolute Gasteiger partial charge is 0.228 e. The standard InChI is InChI=1S/C32H18Br2N2/c33-22-10-6-19(7-11-22)26-18-27(20-8-12-23(34)13-9-20)25-15-17-29-31-28(16-14-24(26)30(25)31)35-32(36-29)21-4-2-1-3-5-21/h1-18H. The molecule has 0 fully saturated rings. The van der Waals surface area contributed by atoms with Gasteiger partial charge in [0.2, 0.25) is 0 Å². The SMILES string of the molecule is Brc1ccc(-c2cc(-c3ccc(Br)cc3)c3ccc4nc(-c5ccccc5)nc5ccc2c3c54)cc1. The molecule has 0 saturated heterocycles. The minimum atomic E-state index is 0.753. The molecular formula is C32H18Br2N2. The second-order valence-electron chi connectivity index (χ2n) is 8.91. The van der Waals surface area contributed by atoms with E-state index in [0.717, 1.165) is 36.8 Å². The summed E-state index contributed by atoms with van der Waals surface area (Å²) in [6.45, 7) is 0. The van der Waals surface area contributed by atoms with Gasteiger partial charge in [0.15, 0.2) is 5.82 Å². The molecule has 36 heavy (non-hydrogen) atoms. The summed E-state index contributed by atoms with van der Waals surface area (Å²) in [5.41, 5.74) is 7.72. The average Bonchev–Trinajstić information content (AvgIpc) is 2.92. The molecule has 0 atom stereocenters. The second-order valence-corrected chi connectivity index (χ2v) is 10.7. The van der Waals surface area contributed by atoms with Crippen LogP contribution in [0.2, 0.25) is 0 Å². The van der Waals surface area contributed by atoms with Crippen LogP contribution in [0.3, 0.4) is 0 Å². The molecular weight excluding hydrogens is 572 g/mol. The molecule has 0 bridgehead atoms. The van der Waals surface area contributed by atoms with Crippen LogP contribution in [0.15, 0.2) is 118 Å². The summed E-state index contributed by atoms with van der Waals surface area (Å²) in [5.74, 6) is 0.753. The zero-order chi connectivity index (χ0) is 24.2. The Morgan fingerprint density at radius 1 is 0.444 bits per heavy atom. The molecule has 1 aromatic heterocycles. The van der Waals surface area contributed by atoms with E-state index in [0.29, 0.717) is 0 Å². The average molecular weight is 590 g/mol. The molecule has 0 aliphatic rings. The first-order valence-electron chi connectivity index (χ1n) is 11.7. The van der Waals surface area contributed by atoms with Crippen molar-refractivity contribution < 1.29 is 0 Å². The number of halogens is 2. The smallest absolute Gasteiger partial charge is 0.160 e. The summed E-state index contributed by atoms with van der Waals surface area (Å²) in [6.07, 6.45) is 0. The number of rotatable bonds is 3. The summed E-state index contributed by atoms with van der Waals surface area (Å²) in [7, 11) is 0. The predicted octanol–water partition coefficient (Wildman–Crippen LogP) is 9.90. The lowest BCUT2D eigenvalue weighted by atomic mass is 9.87. The molecule has 0 saturated carbocycles. The number of aromatic nitrogens is 2. The molecule has 6 aromatic carbocycles. The summed E-state index contributed by atoms with van der Waals surface area (Å²) < 4.78 is 2.14. The Labute approximate surface area is 225 Å². The van der Waals surface area contributed by atoms with E-state index in [9.17, 15) is 0 Å². The maximum atomic E-state index is 5.00. The first-order valence-corrected chi connectivity index (χ1v) is 13.3. The van der Waals surface area contributed by atoms with E-state index in [1.54, 1.807) is 0 Å². The highest BCUT2D eigenvalue weighted by Crippen LogP contribution is 2.44. The highest BCUT2D eigenvalue weighted by Gasteiger charge is 2.18. The normalized spacial score (nSPS) is 11.6. The molecule has 0 aliphatic heterocycles. The van der Waals surface area contributed by atoms with E-state index in [4.69, 9.17) is 9.97 Å². The van der Waals surface area contributed by atoms with Crippen molar-refractivity contribution in [2.75, 3.05) is 0 Å². The summed E-state index contributed by atoms with van der Waals surface area (Å²) in [5, 5.41) is 4.75. The first kappa shape index (κ1) is 21.7. The van der Waals surface area contributed by atoms with Crippen molar-refractivity contribution in [3.63, 3.8) is 0 Å². The van der Waals surface area contributed by atoms with Gasteiger partial charge in [-0.3, -0.25) is 0 Å². The fraction of sp³-hybridized carbons (Fsp3) is 0. The van der Waals surface area contributed by atoms with Gasteiger partial charge in [0.05, 0.1) is 11.0 Å². The Kier molecular flexibility index (Phi) is 5.12. The van der Waals surface area contributed by atoms with Gasteiger partial charge < -0.3 is 0 Å². The number of hydrogen-bond acceptors (Lipinski definition) is 2. The summed E-state index contributed by atoms with van der Waals surface area (Å²) in [6, 6.07) is 38.3. The quantitative estimate of drug-likeness (QED) is 0.192. The van der Waals surface area contributed by atoms with Crippen LogP contribution in [0.1, 0.15) is 0 Å². The van der Waals surface area contributed by atoms with Gasteiger partial charge in [0, 0.05) is 25.3 Å². The van der Waals surface area contributed by atoms with Crippen molar-refractivity contribution in [3.05, 3.63) is 118 Å². The van der Waals surface area contributed by atoms with Crippen LogP contribution < -0.4 is 0 Å². The van der Waals surface area contributed by atoms with Crippen LogP contribution in [0, 0.1) is 0 Å². The Bertz CT molecular complexity index is 1760. The zero-order valence-electron chi connectivity index (χ0n) is 19.0. The third-order valence-corrected chi connectivity index (χ3v) is 7.84. The number of hydrogen-bond donors (Lipinski definition) is 0. The highest BCUT2D eigenvalue weighted by atomic mass is 79.9. The molecule has 0 radical (unpaired) electrons. The van der Waals surface area contributed by atoms with Gasteiger partial charge in [-0.1, -0.05) is 98.6 Å². The van der Waals surface area contributed by atoms with Crippen LogP contribution in [-0.4, -0.2) is 9.97 Å². The van der Waals surface area contributed by atoms with Crippen molar-refractivity contribution in [1.29, 1.82) is 0 Å². The molecule has 7 aromatic rings. The zero-order valence-corrected chi connectivity index (χ0v) is 22.2. The van der Waals surface area contributed by atoms with Gasteiger partial charge in [-0.05, 0) is 75.5 Å². The van der Waals surface area contributed by atoms with Crippen molar-refractivity contribution in [3.8, 4) is 33.6 Å². The van der Waals surface area contributed by atoms with E-state index in [2.05, 4.69) is 123 Å². The van der Waals surface area contributed by atoms with Gasteiger partial charge in [-0.25, -0.2) is 9.97 Å². The third-order valence-electron chi connectivity index (χ3n) is 6.78. The monoisotopic (exact) mass is 588 g/mol. The van der Waals surface area contributed by atoms with Gasteiger partial charge in [0.25, 0.3) is 0 Å². The Morgan fingerprint density at radius 2 is 0.944 bits per heavy atom. The molecule has 7 rings (SSSR count). The minimum Gasteiger partial charge on any atom is -0.228 e. The van der Waals surface area contributed by atoms with Crippen molar-refractivity contribution in [2.45, 2.75) is 0 Å². The van der Waals surface area contributed by atoms with Gasteiger partial charge in [-0.15, -0.1) is 0 Å². The lowest BCUT2D eigenvalue weighted by molar-refractivity contribution is 1.26. The van der Waals surface area contributed by atoms with Gasteiger partial charge in [-0.2, -0.15) is 0 Å². The molecule has 1 heterocycles. The van der Waals surface area contributed by atoms with Crippen LogP contribution >= 0.6 is 31.9 Å². The Balaban J connectivity index is 1.60. The molecule has 4 heteroatoms. The Hall–Kier alpha value is -3.60. The highest BCUT2D eigenvalue weighted by molar-refractivity contribution is 9.10. The summed E-state index contributed by atoms with van der Waals surface area (Å²) >= 11 is 7.17. The topological polar surface area (TPSA) is 25.8 Å². The number of nitrogens with zero attached hydrogens (tertiary/aromatic N) is 2. The van der Waals surface area contributed by atoms with Gasteiger partial charge >= 0.3 is 0 Å². The molecule has 0 amide bonds. The third kappa shape index (κ3) is 3.52. The van der Waals surface area contributed by atoms with Crippen LogP contribution in [-0.2, 0) is 0 Å². The maximum Gasteiger partial charge on any atom is 0.160 e. The van der Waals surface area contributed by atoms with Crippen molar-refractivity contribution in [1.82, 2.24) is 9.97 Å². The maximum absolute atomic E-state index is 5.00. The number of benzene rings is 6. The van der Waals surface area contributed by atoms with Crippen molar-refractivity contribution in [2.24, 2.45) is 0 Å². The lowest BCUT2D eigenvalue weighted by Crippen LogP contribution is -1.96. The van der Waals surface area contributed by atoms with E-state index in [-0.39, 0.29) is 0 Å². The van der Waals surface area contributed by atoms with E-state index in [1.807, 2.05) is 18.2 Å². The summed E-state index contributed by atoms with van der Waals surface area (Å²) in [4.78, 5) is 10.0. The lowest BCUT2D eigenvalue weighted by Gasteiger charge is -2.18. The predicted molar refractivity (Wildman–Crippen MR) is 157 cm³/mol. The van der Waals surface area contributed by atoms with Crippen LogP contribution in [0.25, 0.3) is 66.2 Å². The molecule has 0 aliphatic carbocycles. The van der Waals surface area contributed by atoms with Crippen LogP contribution in [0.5, 0.6) is 0 Å². The molecule has 0 unspecified atom stereocenters. The minimum absolute atomic E-state index is 0.753. The Morgan fingerprint density at radius 3 is 1.44 bits per heavy atom. The van der Waals surface area contributed by atoms with E-state index in [1.165, 1.54) is 38.4 Å². The molecule has 170 valence electrons. The molecule has 0 N–H and O–H groups in total. The van der Waals surface area contributed by atoms with E-state index >= 15 is 0 Å². The fourth-order valence-corrected chi connectivity index (χ4v) is 5.63. The fourth-order valence-electron chi connectivity index (χ4n) is 5.10. The molecule has 2 nitrogen and oxygen atoms in total. The molecule has 0 spiro atoms. The second kappa shape index (κ2) is 8.51. The van der Waals surface area contributed by atoms with E-state index < -0.39 is 0 Å². The van der Waals surface area contributed by atoms with Gasteiger partial charge in [0.1, 0.15) is 0 Å². The first-order chi connectivity index (χ1) is 17.7. The van der Waals surface area contributed by atoms with Crippen molar-refractivity contribution >= 4 is 64.4 Å².